The van der Waals surface area contributed by atoms with Gasteiger partial charge in [-0.2, -0.15) is 0 Å². The van der Waals surface area contributed by atoms with Crippen LogP contribution in [-0.2, 0) is 32.6 Å². The van der Waals surface area contributed by atoms with Crippen molar-refractivity contribution in [3.63, 3.8) is 0 Å². The van der Waals surface area contributed by atoms with Crippen LogP contribution < -0.4 is 14.4 Å². The molecule has 0 saturated heterocycles. The first kappa shape index (κ1) is 35.3. The van der Waals surface area contributed by atoms with Gasteiger partial charge in [-0.05, 0) is 67.3 Å². The minimum atomic E-state index is -4.24. The normalized spacial score (nSPS) is 13.9. The highest BCUT2D eigenvalue weighted by molar-refractivity contribution is 7.92. The zero-order valence-electron chi connectivity index (χ0n) is 26.9. The summed E-state index contributed by atoms with van der Waals surface area (Å²) in [4.78, 5) is 30.3. The number of hydrogen-bond donors (Lipinski definition) is 1. The Morgan fingerprint density at radius 3 is 2.25 bits per heavy atom. The average molecular weight is 709 g/mol. The molecule has 1 aliphatic rings. The molecule has 5 rings (SSSR count). The van der Waals surface area contributed by atoms with Crippen LogP contribution in [0, 0.1) is 6.92 Å². The molecule has 0 aromatic heterocycles. The Morgan fingerprint density at radius 1 is 0.875 bits per heavy atom. The Hall–Kier alpha value is -4.05. The molecule has 4 aromatic carbocycles. The van der Waals surface area contributed by atoms with E-state index in [2.05, 4.69) is 5.32 Å². The number of ether oxygens (including phenoxy) is 1. The zero-order chi connectivity index (χ0) is 34.3. The number of rotatable bonds is 13. The van der Waals surface area contributed by atoms with Gasteiger partial charge in [-0.25, -0.2) is 8.42 Å². The molecule has 8 nitrogen and oxygen atoms in total. The lowest BCUT2D eigenvalue weighted by molar-refractivity contribution is -0.140. The molecular weight excluding hydrogens is 669 g/mol. The van der Waals surface area contributed by atoms with Gasteiger partial charge in [0, 0.05) is 25.1 Å². The molecule has 4 aromatic rings. The van der Waals surface area contributed by atoms with E-state index in [1.807, 2.05) is 37.3 Å². The predicted molar refractivity (Wildman–Crippen MR) is 190 cm³/mol. The van der Waals surface area contributed by atoms with Gasteiger partial charge in [0.05, 0.1) is 27.7 Å². The fraction of sp³-hybridized carbons (Fsp3) is 0.297. The van der Waals surface area contributed by atoms with Crippen molar-refractivity contribution in [1.29, 1.82) is 0 Å². The van der Waals surface area contributed by atoms with E-state index in [1.54, 1.807) is 54.6 Å². The van der Waals surface area contributed by atoms with Crippen LogP contribution in [0.1, 0.15) is 42.4 Å². The van der Waals surface area contributed by atoms with E-state index >= 15 is 0 Å². The van der Waals surface area contributed by atoms with Crippen molar-refractivity contribution in [3.05, 3.63) is 124 Å². The highest BCUT2D eigenvalue weighted by Crippen LogP contribution is 2.29. The second kappa shape index (κ2) is 15.9. The first-order valence-electron chi connectivity index (χ1n) is 15.9. The quantitative estimate of drug-likeness (QED) is 0.159. The maximum Gasteiger partial charge on any atom is 0.264 e. The van der Waals surface area contributed by atoms with E-state index in [0.717, 1.165) is 41.1 Å². The highest BCUT2D eigenvalue weighted by atomic mass is 35.5. The summed E-state index contributed by atoms with van der Waals surface area (Å²) < 4.78 is 35.0. The number of hydrogen-bond acceptors (Lipinski definition) is 5. The summed E-state index contributed by atoms with van der Waals surface area (Å²) in [5, 5.41) is 3.83. The third-order valence-electron chi connectivity index (χ3n) is 8.54. The minimum Gasteiger partial charge on any atom is -0.497 e. The molecule has 1 aliphatic carbocycles. The number of nitrogens with zero attached hydrogens (tertiary/aromatic N) is 2. The van der Waals surface area contributed by atoms with Gasteiger partial charge in [0.1, 0.15) is 18.3 Å². The van der Waals surface area contributed by atoms with Gasteiger partial charge in [-0.1, -0.05) is 96.2 Å². The second-order valence-electron chi connectivity index (χ2n) is 12.0. The van der Waals surface area contributed by atoms with Crippen molar-refractivity contribution in [2.24, 2.45) is 0 Å². The molecule has 1 N–H and O–H groups in total. The Kier molecular flexibility index (Phi) is 11.7. The maximum absolute atomic E-state index is 14.7. The van der Waals surface area contributed by atoms with Crippen LogP contribution >= 0.6 is 23.2 Å². The molecule has 1 fully saturated rings. The predicted octanol–water partition coefficient (Wildman–Crippen LogP) is 7.20. The van der Waals surface area contributed by atoms with Gasteiger partial charge >= 0.3 is 0 Å². The number of nitrogens with one attached hydrogen (secondary N) is 1. The number of benzene rings is 4. The van der Waals surface area contributed by atoms with Crippen LogP contribution in [0.25, 0.3) is 0 Å². The Morgan fingerprint density at radius 2 is 1.58 bits per heavy atom. The standard InChI is InChI=1S/C37H39Cl2N3O5S/c1-26-15-18-32(19-16-26)48(45,46)42(30-13-8-14-31(23-30)47-2)25-36(43)41(24-28-17-20-33(38)34(39)21-28)35(22-27-9-4-3-5-10-27)37(44)40-29-11-6-7-12-29/h3-5,8-10,13-21,23,29,35H,6-7,11-12,22,24-25H2,1-2H3,(H,40,44). The lowest BCUT2D eigenvalue weighted by atomic mass is 10.0. The lowest BCUT2D eigenvalue weighted by Gasteiger charge is -2.34. The first-order valence-corrected chi connectivity index (χ1v) is 18.1. The molecule has 11 heteroatoms. The Bertz CT molecular complexity index is 1830. The number of carbonyl (C=O) groups excluding carboxylic acids is 2. The van der Waals surface area contributed by atoms with E-state index in [9.17, 15) is 18.0 Å². The van der Waals surface area contributed by atoms with Gasteiger partial charge in [-0.3, -0.25) is 13.9 Å². The van der Waals surface area contributed by atoms with Crippen LogP contribution in [0.3, 0.4) is 0 Å². The SMILES string of the molecule is COc1cccc(N(CC(=O)N(Cc2ccc(Cl)c(Cl)c2)C(Cc2ccccc2)C(=O)NC2CCCC2)S(=O)(=O)c2ccc(C)cc2)c1. The minimum absolute atomic E-state index is 0.00731. The summed E-state index contributed by atoms with van der Waals surface area (Å²) in [6.45, 7) is 1.28. The van der Waals surface area contributed by atoms with Gasteiger partial charge in [-0.15, -0.1) is 0 Å². The van der Waals surface area contributed by atoms with E-state index in [4.69, 9.17) is 27.9 Å². The van der Waals surface area contributed by atoms with Crippen LogP contribution in [0.15, 0.2) is 102 Å². The lowest BCUT2D eigenvalue weighted by Crippen LogP contribution is -2.54. The molecule has 0 bridgehead atoms. The Balaban J connectivity index is 1.59. The van der Waals surface area contributed by atoms with Crippen LogP contribution in [0.5, 0.6) is 5.75 Å². The van der Waals surface area contributed by atoms with Gasteiger partial charge in [0.25, 0.3) is 10.0 Å². The number of carbonyl (C=O) groups is 2. The molecule has 1 unspecified atom stereocenters. The summed E-state index contributed by atoms with van der Waals surface area (Å²) in [5.74, 6) is -0.440. The number of halogens is 2. The van der Waals surface area contributed by atoms with Crippen molar-refractivity contribution in [3.8, 4) is 5.75 Å². The average Bonchev–Trinajstić information content (AvgIpc) is 3.60. The van der Waals surface area contributed by atoms with Crippen LogP contribution in [-0.4, -0.2) is 50.9 Å². The monoisotopic (exact) mass is 707 g/mol. The highest BCUT2D eigenvalue weighted by Gasteiger charge is 2.35. The van der Waals surface area contributed by atoms with Gasteiger partial charge in [0.2, 0.25) is 11.8 Å². The van der Waals surface area contributed by atoms with Crippen molar-refractivity contribution >= 4 is 50.7 Å². The van der Waals surface area contributed by atoms with Crippen LogP contribution in [0.2, 0.25) is 10.0 Å². The molecule has 1 saturated carbocycles. The van der Waals surface area contributed by atoms with Gasteiger partial charge < -0.3 is 15.0 Å². The number of aryl methyl sites for hydroxylation is 1. The first-order chi connectivity index (χ1) is 23.0. The molecular formula is C37H39Cl2N3O5S. The van der Waals surface area contributed by atoms with Crippen molar-refractivity contribution in [2.45, 2.75) is 62.6 Å². The number of sulfonamides is 1. The van der Waals surface area contributed by atoms with E-state index in [1.165, 1.54) is 24.1 Å². The molecule has 0 heterocycles. The largest absolute Gasteiger partial charge is 0.497 e. The third-order valence-corrected chi connectivity index (χ3v) is 11.1. The van der Waals surface area contributed by atoms with Crippen LogP contribution in [0.4, 0.5) is 5.69 Å². The van der Waals surface area contributed by atoms with E-state index < -0.39 is 28.5 Å². The Labute approximate surface area is 292 Å². The molecule has 0 spiro atoms. The van der Waals surface area contributed by atoms with Crippen molar-refractivity contribution < 1.29 is 22.7 Å². The molecule has 252 valence electrons. The number of amides is 2. The molecule has 1 atom stereocenters. The smallest absolute Gasteiger partial charge is 0.264 e. The zero-order valence-corrected chi connectivity index (χ0v) is 29.3. The van der Waals surface area contributed by atoms with Gasteiger partial charge in [0.15, 0.2) is 0 Å². The topological polar surface area (TPSA) is 96.0 Å². The molecule has 48 heavy (non-hydrogen) atoms. The maximum atomic E-state index is 14.7. The summed E-state index contributed by atoms with van der Waals surface area (Å²) in [7, 11) is -2.76. The number of anilines is 1. The summed E-state index contributed by atoms with van der Waals surface area (Å²) in [5.41, 5.74) is 2.63. The summed E-state index contributed by atoms with van der Waals surface area (Å²) in [6.07, 6.45) is 3.99. The van der Waals surface area contributed by atoms with E-state index in [0.29, 0.717) is 21.4 Å². The van der Waals surface area contributed by atoms with Crippen molar-refractivity contribution in [2.75, 3.05) is 18.0 Å². The van der Waals surface area contributed by atoms with Crippen molar-refractivity contribution in [1.82, 2.24) is 10.2 Å². The third kappa shape index (κ3) is 8.69. The second-order valence-corrected chi connectivity index (χ2v) is 14.7. The fourth-order valence-electron chi connectivity index (χ4n) is 5.89. The van der Waals surface area contributed by atoms with E-state index in [-0.39, 0.29) is 35.5 Å². The summed E-state index contributed by atoms with van der Waals surface area (Å²) in [6, 6.07) is 26.5. The number of methoxy groups -OCH3 is 1. The fourth-order valence-corrected chi connectivity index (χ4v) is 7.61. The molecule has 2 amide bonds. The summed E-state index contributed by atoms with van der Waals surface area (Å²) >= 11 is 12.6. The molecule has 0 aliphatic heterocycles. The molecule has 0 radical (unpaired) electrons.